The van der Waals surface area contributed by atoms with Crippen LogP contribution < -0.4 is 0 Å². The molecule has 2 fully saturated rings. The lowest BCUT2D eigenvalue weighted by Gasteiger charge is -2.06. The number of fused-ring (bicyclic) bond motifs is 2. The van der Waals surface area contributed by atoms with E-state index >= 15 is 0 Å². The standard InChI is InChI=1S/C12H12BrN3/c13-9-4-10-12(14-5-9)16-11(15-10)8-2-6-1-7(6)3-8/h4-8H,1-3H2,(H,14,15,16). The second kappa shape index (κ2) is 3.06. The smallest absolute Gasteiger partial charge is 0.177 e. The van der Waals surface area contributed by atoms with E-state index in [1.165, 1.54) is 19.3 Å². The van der Waals surface area contributed by atoms with Gasteiger partial charge in [-0.15, -0.1) is 0 Å². The highest BCUT2D eigenvalue weighted by atomic mass is 79.9. The lowest BCUT2D eigenvalue weighted by atomic mass is 10.0. The van der Waals surface area contributed by atoms with E-state index in [4.69, 9.17) is 0 Å². The lowest BCUT2D eigenvalue weighted by molar-refractivity contribution is 0.597. The van der Waals surface area contributed by atoms with E-state index in [2.05, 4.69) is 36.9 Å². The maximum absolute atomic E-state index is 4.60. The highest BCUT2D eigenvalue weighted by molar-refractivity contribution is 9.10. The first kappa shape index (κ1) is 9.16. The fourth-order valence-corrected chi connectivity index (χ4v) is 3.36. The van der Waals surface area contributed by atoms with Gasteiger partial charge >= 0.3 is 0 Å². The Balaban J connectivity index is 1.75. The predicted molar refractivity (Wildman–Crippen MR) is 65.2 cm³/mol. The molecule has 1 N–H and O–H groups in total. The number of halogens is 1. The van der Waals surface area contributed by atoms with E-state index < -0.39 is 0 Å². The molecule has 2 aliphatic rings. The largest absolute Gasteiger partial charge is 0.340 e. The first-order valence-electron chi connectivity index (χ1n) is 5.81. The molecule has 2 atom stereocenters. The Kier molecular flexibility index (Phi) is 1.76. The van der Waals surface area contributed by atoms with E-state index in [1.807, 2.05) is 0 Å². The van der Waals surface area contributed by atoms with Crippen LogP contribution in [0.3, 0.4) is 0 Å². The van der Waals surface area contributed by atoms with Gasteiger partial charge in [0.2, 0.25) is 0 Å². The van der Waals surface area contributed by atoms with Crippen molar-refractivity contribution < 1.29 is 0 Å². The number of hydrogen-bond acceptors (Lipinski definition) is 2. The number of nitrogens with zero attached hydrogens (tertiary/aromatic N) is 2. The van der Waals surface area contributed by atoms with Gasteiger partial charge in [-0.1, -0.05) is 0 Å². The van der Waals surface area contributed by atoms with Crippen LogP contribution in [0.5, 0.6) is 0 Å². The third kappa shape index (κ3) is 1.32. The average molecular weight is 278 g/mol. The lowest BCUT2D eigenvalue weighted by Crippen LogP contribution is -1.97. The molecule has 2 aliphatic carbocycles. The molecule has 4 rings (SSSR count). The summed E-state index contributed by atoms with van der Waals surface area (Å²) < 4.78 is 1.00. The van der Waals surface area contributed by atoms with Gasteiger partial charge in [0.25, 0.3) is 0 Å². The van der Waals surface area contributed by atoms with Crippen LogP contribution in [0.25, 0.3) is 11.2 Å². The average Bonchev–Trinajstić information content (AvgIpc) is 2.75. The third-order valence-electron chi connectivity index (χ3n) is 3.95. The van der Waals surface area contributed by atoms with Crippen molar-refractivity contribution in [2.45, 2.75) is 25.2 Å². The molecule has 0 aliphatic heterocycles. The summed E-state index contributed by atoms with van der Waals surface area (Å²) in [6.45, 7) is 0. The normalized spacial score (nSPS) is 31.9. The van der Waals surface area contributed by atoms with Crippen molar-refractivity contribution >= 4 is 27.1 Å². The van der Waals surface area contributed by atoms with Crippen LogP contribution in [0.15, 0.2) is 16.7 Å². The van der Waals surface area contributed by atoms with Crippen molar-refractivity contribution in [1.82, 2.24) is 15.0 Å². The van der Waals surface area contributed by atoms with Crippen molar-refractivity contribution in [3.05, 3.63) is 22.6 Å². The molecule has 2 saturated carbocycles. The zero-order valence-electron chi connectivity index (χ0n) is 8.78. The van der Waals surface area contributed by atoms with Crippen LogP contribution in [0.1, 0.15) is 31.0 Å². The molecule has 0 amide bonds. The Bertz CT molecular complexity index is 552. The molecule has 0 aromatic carbocycles. The molecule has 2 aromatic rings. The first-order valence-corrected chi connectivity index (χ1v) is 6.60. The van der Waals surface area contributed by atoms with Gasteiger partial charge in [0.1, 0.15) is 5.82 Å². The fourth-order valence-electron chi connectivity index (χ4n) is 3.02. The minimum absolute atomic E-state index is 0.650. The number of aromatic amines is 1. The number of hydrogen-bond donors (Lipinski definition) is 1. The summed E-state index contributed by atoms with van der Waals surface area (Å²) in [6, 6.07) is 2.05. The topological polar surface area (TPSA) is 41.6 Å². The Morgan fingerprint density at radius 2 is 2.06 bits per heavy atom. The molecule has 3 nitrogen and oxygen atoms in total. The highest BCUT2D eigenvalue weighted by Gasteiger charge is 2.46. The molecular weight excluding hydrogens is 266 g/mol. The molecule has 82 valence electrons. The summed E-state index contributed by atoms with van der Waals surface area (Å²) in [5.41, 5.74) is 1.89. The van der Waals surface area contributed by atoms with Crippen LogP contribution in [0.2, 0.25) is 0 Å². The van der Waals surface area contributed by atoms with Crippen molar-refractivity contribution in [3.8, 4) is 0 Å². The third-order valence-corrected chi connectivity index (χ3v) is 4.39. The van der Waals surface area contributed by atoms with Gasteiger partial charge in [-0.25, -0.2) is 9.97 Å². The van der Waals surface area contributed by atoms with Crippen LogP contribution in [0, 0.1) is 11.8 Å². The van der Waals surface area contributed by atoms with E-state index in [9.17, 15) is 0 Å². The number of H-pyrrole nitrogens is 1. The predicted octanol–water partition coefficient (Wildman–Crippen LogP) is 3.23. The molecule has 0 saturated heterocycles. The summed E-state index contributed by atoms with van der Waals surface area (Å²) in [5, 5.41) is 0. The maximum Gasteiger partial charge on any atom is 0.177 e. The van der Waals surface area contributed by atoms with Gasteiger partial charge in [0.05, 0.1) is 5.52 Å². The van der Waals surface area contributed by atoms with E-state index in [-0.39, 0.29) is 0 Å². The number of rotatable bonds is 1. The molecule has 2 heterocycles. The van der Waals surface area contributed by atoms with Gasteiger partial charge < -0.3 is 4.98 Å². The van der Waals surface area contributed by atoms with Crippen molar-refractivity contribution in [1.29, 1.82) is 0 Å². The van der Waals surface area contributed by atoms with Gasteiger partial charge in [0.15, 0.2) is 5.65 Å². The van der Waals surface area contributed by atoms with Crippen LogP contribution >= 0.6 is 15.9 Å². The van der Waals surface area contributed by atoms with Crippen LogP contribution in [0.4, 0.5) is 0 Å². The summed E-state index contributed by atoms with van der Waals surface area (Å²) in [7, 11) is 0. The second-order valence-corrected chi connectivity index (χ2v) is 5.99. The maximum atomic E-state index is 4.60. The summed E-state index contributed by atoms with van der Waals surface area (Å²) >= 11 is 3.43. The van der Waals surface area contributed by atoms with Crippen LogP contribution in [-0.2, 0) is 0 Å². The van der Waals surface area contributed by atoms with Crippen molar-refractivity contribution in [2.24, 2.45) is 11.8 Å². The van der Waals surface area contributed by atoms with E-state index in [0.717, 1.165) is 33.3 Å². The number of pyridine rings is 1. The molecule has 0 bridgehead atoms. The molecule has 2 unspecified atom stereocenters. The summed E-state index contributed by atoms with van der Waals surface area (Å²) in [6.07, 6.45) is 5.91. The Hall–Kier alpha value is -0.900. The quantitative estimate of drug-likeness (QED) is 0.870. The summed E-state index contributed by atoms with van der Waals surface area (Å²) in [4.78, 5) is 12.3. The molecular formula is C12H12BrN3. The Labute approximate surface area is 102 Å². The zero-order valence-corrected chi connectivity index (χ0v) is 10.4. The van der Waals surface area contributed by atoms with Crippen LogP contribution in [-0.4, -0.2) is 15.0 Å². The van der Waals surface area contributed by atoms with Crippen molar-refractivity contribution in [3.63, 3.8) is 0 Å². The second-order valence-electron chi connectivity index (χ2n) is 5.07. The monoisotopic (exact) mass is 277 g/mol. The van der Waals surface area contributed by atoms with Gasteiger partial charge in [-0.2, -0.15) is 0 Å². The zero-order chi connectivity index (χ0) is 10.7. The molecule has 0 spiro atoms. The SMILES string of the molecule is Brc1cnc2nc(C3CC4CC4C3)[nH]c2c1. The molecule has 16 heavy (non-hydrogen) atoms. The van der Waals surface area contributed by atoms with Gasteiger partial charge in [0, 0.05) is 16.6 Å². The number of imidazole rings is 1. The van der Waals surface area contributed by atoms with Gasteiger partial charge in [-0.3, -0.25) is 0 Å². The fraction of sp³-hybridized carbons (Fsp3) is 0.500. The highest BCUT2D eigenvalue weighted by Crippen LogP contribution is 2.57. The number of nitrogens with one attached hydrogen (secondary N) is 1. The molecule has 0 radical (unpaired) electrons. The van der Waals surface area contributed by atoms with Crippen molar-refractivity contribution in [2.75, 3.05) is 0 Å². The Morgan fingerprint density at radius 3 is 2.88 bits per heavy atom. The summed E-state index contributed by atoms with van der Waals surface area (Å²) in [5.74, 6) is 3.79. The Morgan fingerprint density at radius 1 is 1.25 bits per heavy atom. The number of aromatic nitrogens is 3. The minimum atomic E-state index is 0.650. The van der Waals surface area contributed by atoms with E-state index in [0.29, 0.717) is 5.92 Å². The first-order chi connectivity index (χ1) is 7.79. The molecule has 4 heteroatoms. The molecule has 2 aromatic heterocycles. The van der Waals surface area contributed by atoms with E-state index in [1.54, 1.807) is 6.20 Å². The van der Waals surface area contributed by atoms with Gasteiger partial charge in [-0.05, 0) is 53.1 Å². The minimum Gasteiger partial charge on any atom is -0.340 e.